The maximum absolute atomic E-state index is 13.1. The Morgan fingerprint density at radius 2 is 2.13 bits per heavy atom. The van der Waals surface area contributed by atoms with Crippen molar-refractivity contribution in [2.24, 2.45) is 0 Å². The van der Waals surface area contributed by atoms with Crippen molar-refractivity contribution >= 4 is 6.29 Å². The van der Waals surface area contributed by atoms with Crippen LogP contribution in [-0.2, 0) is 0 Å². The van der Waals surface area contributed by atoms with E-state index >= 15 is 0 Å². The fourth-order valence-electron chi connectivity index (χ4n) is 0.957. The van der Waals surface area contributed by atoms with Crippen molar-refractivity contribution in [2.45, 2.75) is 6.61 Å². The van der Waals surface area contributed by atoms with E-state index in [1.165, 1.54) is 6.07 Å². The van der Waals surface area contributed by atoms with Gasteiger partial charge in [-0.1, -0.05) is 0 Å². The van der Waals surface area contributed by atoms with E-state index in [0.717, 1.165) is 12.1 Å². The van der Waals surface area contributed by atoms with Crippen molar-refractivity contribution in [1.29, 1.82) is 5.26 Å². The Morgan fingerprint density at radius 1 is 1.47 bits per heavy atom. The SMILES string of the molecule is N#Cc1cc(OC(F)F)cc(C=O)c1F. The number of hydrogen-bond donors (Lipinski definition) is 0. The summed E-state index contributed by atoms with van der Waals surface area (Å²) in [5.74, 6) is -1.47. The normalized spacial score (nSPS) is 9.80. The smallest absolute Gasteiger partial charge is 0.387 e. The summed E-state index contributed by atoms with van der Waals surface area (Å²) in [6.45, 7) is -3.10. The molecule has 1 aromatic carbocycles. The van der Waals surface area contributed by atoms with Crippen LogP contribution in [-0.4, -0.2) is 12.9 Å². The maximum Gasteiger partial charge on any atom is 0.387 e. The van der Waals surface area contributed by atoms with Crippen LogP contribution in [0.25, 0.3) is 0 Å². The highest BCUT2D eigenvalue weighted by Gasteiger charge is 2.13. The zero-order valence-corrected chi connectivity index (χ0v) is 7.21. The van der Waals surface area contributed by atoms with Gasteiger partial charge in [0.25, 0.3) is 0 Å². The fourth-order valence-corrected chi connectivity index (χ4v) is 0.957. The molecule has 0 radical (unpaired) electrons. The van der Waals surface area contributed by atoms with Gasteiger partial charge in [0.2, 0.25) is 0 Å². The van der Waals surface area contributed by atoms with Gasteiger partial charge >= 0.3 is 6.61 Å². The third kappa shape index (κ3) is 2.47. The largest absolute Gasteiger partial charge is 0.435 e. The van der Waals surface area contributed by atoms with E-state index in [2.05, 4.69) is 4.74 Å². The van der Waals surface area contributed by atoms with E-state index in [1.807, 2.05) is 0 Å². The van der Waals surface area contributed by atoms with Gasteiger partial charge in [0.05, 0.1) is 11.1 Å². The van der Waals surface area contributed by atoms with Gasteiger partial charge in [0.1, 0.15) is 11.8 Å². The van der Waals surface area contributed by atoms with Crippen molar-refractivity contribution in [2.75, 3.05) is 0 Å². The first-order chi connectivity index (χ1) is 7.08. The highest BCUT2D eigenvalue weighted by Crippen LogP contribution is 2.21. The summed E-state index contributed by atoms with van der Waals surface area (Å²) in [5, 5.41) is 8.45. The van der Waals surface area contributed by atoms with Crippen molar-refractivity contribution in [1.82, 2.24) is 0 Å². The molecule has 0 amide bonds. The molecule has 0 bridgehead atoms. The van der Waals surface area contributed by atoms with Crippen LogP contribution in [0.2, 0.25) is 0 Å². The number of alkyl halides is 2. The number of carbonyl (C=O) groups excluding carboxylic acids is 1. The molecule has 0 heterocycles. The van der Waals surface area contributed by atoms with Gasteiger partial charge in [-0.15, -0.1) is 0 Å². The molecular weight excluding hydrogens is 211 g/mol. The Bertz CT molecular complexity index is 426. The standard InChI is InChI=1S/C9H4F3NO2/c10-8-5(3-13)1-7(15-9(11)12)2-6(8)4-14/h1-2,4,9H. The molecule has 0 aliphatic rings. The second kappa shape index (κ2) is 4.46. The number of nitrogens with zero attached hydrogens (tertiary/aromatic N) is 1. The first kappa shape index (κ1) is 11.0. The summed E-state index contributed by atoms with van der Waals surface area (Å²) in [6, 6.07) is 3.03. The van der Waals surface area contributed by atoms with E-state index in [0.29, 0.717) is 0 Å². The number of hydrogen-bond acceptors (Lipinski definition) is 3. The molecule has 0 fully saturated rings. The molecule has 1 aromatic rings. The lowest BCUT2D eigenvalue weighted by Gasteiger charge is -2.06. The lowest BCUT2D eigenvalue weighted by atomic mass is 10.1. The van der Waals surface area contributed by atoms with Gasteiger partial charge in [0, 0.05) is 6.07 Å². The minimum absolute atomic E-state index is 0.120. The van der Waals surface area contributed by atoms with E-state index in [1.54, 1.807) is 0 Å². The van der Waals surface area contributed by atoms with E-state index in [4.69, 9.17) is 5.26 Å². The predicted molar refractivity (Wildman–Crippen MR) is 43.1 cm³/mol. The zero-order chi connectivity index (χ0) is 11.4. The first-order valence-corrected chi connectivity index (χ1v) is 3.72. The highest BCUT2D eigenvalue weighted by molar-refractivity contribution is 5.77. The van der Waals surface area contributed by atoms with E-state index in [9.17, 15) is 18.0 Å². The summed E-state index contributed by atoms with van der Waals surface area (Å²) >= 11 is 0. The van der Waals surface area contributed by atoms with Crippen LogP contribution in [0.15, 0.2) is 12.1 Å². The predicted octanol–water partition coefficient (Wildman–Crippen LogP) is 2.11. The van der Waals surface area contributed by atoms with Crippen molar-refractivity contribution in [3.63, 3.8) is 0 Å². The molecule has 0 spiro atoms. The summed E-state index contributed by atoms with van der Waals surface area (Å²) in [5.41, 5.74) is -1.01. The second-order valence-electron chi connectivity index (χ2n) is 2.48. The minimum atomic E-state index is -3.10. The van der Waals surface area contributed by atoms with Crippen molar-refractivity contribution in [3.05, 3.63) is 29.1 Å². The molecule has 0 aliphatic heterocycles. The summed E-state index contributed by atoms with van der Waals surface area (Å²) < 4.78 is 40.6. The summed E-state index contributed by atoms with van der Waals surface area (Å²) in [7, 11) is 0. The Morgan fingerprint density at radius 3 is 2.60 bits per heavy atom. The third-order valence-corrected chi connectivity index (χ3v) is 1.55. The quantitative estimate of drug-likeness (QED) is 0.725. The molecule has 78 valence electrons. The topological polar surface area (TPSA) is 50.1 Å². The van der Waals surface area contributed by atoms with Gasteiger partial charge < -0.3 is 4.74 Å². The fraction of sp³-hybridized carbons (Fsp3) is 0.111. The van der Waals surface area contributed by atoms with Crippen LogP contribution in [0.5, 0.6) is 5.75 Å². The molecule has 6 heteroatoms. The van der Waals surface area contributed by atoms with E-state index < -0.39 is 29.3 Å². The van der Waals surface area contributed by atoms with Gasteiger partial charge in [-0.25, -0.2) is 4.39 Å². The molecule has 15 heavy (non-hydrogen) atoms. The van der Waals surface area contributed by atoms with Crippen LogP contribution in [0.1, 0.15) is 15.9 Å². The van der Waals surface area contributed by atoms with Crippen molar-refractivity contribution < 1.29 is 22.7 Å². The Balaban J connectivity index is 3.22. The van der Waals surface area contributed by atoms with E-state index in [-0.39, 0.29) is 6.29 Å². The Labute approximate surface area is 82.7 Å². The van der Waals surface area contributed by atoms with Crippen LogP contribution < -0.4 is 4.74 Å². The van der Waals surface area contributed by atoms with Crippen LogP contribution in [0.3, 0.4) is 0 Å². The number of ether oxygens (including phenoxy) is 1. The molecule has 0 atom stereocenters. The van der Waals surface area contributed by atoms with Gasteiger partial charge in [0.15, 0.2) is 12.1 Å². The Kier molecular flexibility index (Phi) is 3.29. The van der Waals surface area contributed by atoms with Crippen LogP contribution >= 0.6 is 0 Å². The first-order valence-electron chi connectivity index (χ1n) is 3.72. The molecule has 0 saturated carbocycles. The Hall–Kier alpha value is -2.03. The number of halogens is 3. The van der Waals surface area contributed by atoms with Gasteiger partial charge in [-0.2, -0.15) is 14.0 Å². The third-order valence-electron chi connectivity index (χ3n) is 1.55. The monoisotopic (exact) mass is 215 g/mol. The molecular formula is C9H4F3NO2. The van der Waals surface area contributed by atoms with Crippen molar-refractivity contribution in [3.8, 4) is 11.8 Å². The molecule has 0 saturated heterocycles. The molecule has 3 nitrogen and oxygen atoms in total. The highest BCUT2D eigenvalue weighted by atomic mass is 19.3. The molecule has 1 rings (SSSR count). The molecule has 0 aromatic heterocycles. The summed E-state index contributed by atoms with van der Waals surface area (Å²) in [4.78, 5) is 10.3. The maximum atomic E-state index is 13.1. The van der Waals surface area contributed by atoms with Gasteiger partial charge in [-0.3, -0.25) is 4.79 Å². The number of benzene rings is 1. The zero-order valence-electron chi connectivity index (χ0n) is 7.21. The number of aldehydes is 1. The minimum Gasteiger partial charge on any atom is -0.435 e. The average Bonchev–Trinajstić information content (AvgIpc) is 2.19. The molecule has 0 unspecified atom stereocenters. The van der Waals surface area contributed by atoms with Crippen LogP contribution in [0, 0.1) is 17.1 Å². The van der Waals surface area contributed by atoms with Gasteiger partial charge in [-0.05, 0) is 6.07 Å². The average molecular weight is 215 g/mol. The molecule has 0 N–H and O–H groups in total. The number of nitriles is 1. The van der Waals surface area contributed by atoms with Crippen LogP contribution in [0.4, 0.5) is 13.2 Å². The lowest BCUT2D eigenvalue weighted by molar-refractivity contribution is -0.0499. The lowest BCUT2D eigenvalue weighted by Crippen LogP contribution is -2.04. The number of carbonyl (C=O) groups is 1. The molecule has 0 aliphatic carbocycles. The summed E-state index contributed by atoms with van der Waals surface area (Å²) in [6.07, 6.45) is 0.120. The number of rotatable bonds is 3. The second-order valence-corrected chi connectivity index (χ2v) is 2.48.